The highest BCUT2D eigenvalue weighted by Crippen LogP contribution is 2.33. The second-order valence-electron chi connectivity index (χ2n) is 7.31. The number of rotatable bonds is 6. The number of sulfonamides is 1. The SMILES string of the molecule is CN(CC1CCCCC1)c1ccc(S(=O)(=O)N2CCOCC2)cc1[N+](=O)[O-]. The molecule has 0 N–H and O–H groups in total. The van der Waals surface area contributed by atoms with E-state index in [0.29, 0.717) is 24.8 Å². The molecule has 1 saturated carbocycles. The number of ether oxygens (including phenoxy) is 1. The van der Waals surface area contributed by atoms with Crippen molar-refractivity contribution >= 4 is 21.4 Å². The molecule has 1 saturated heterocycles. The van der Waals surface area contributed by atoms with Gasteiger partial charge in [-0.05, 0) is 30.9 Å². The highest BCUT2D eigenvalue weighted by molar-refractivity contribution is 7.89. The summed E-state index contributed by atoms with van der Waals surface area (Å²) in [4.78, 5) is 13.0. The van der Waals surface area contributed by atoms with E-state index < -0.39 is 14.9 Å². The standard InChI is InChI=1S/C18H27N3O5S/c1-19(14-15-5-3-2-4-6-15)17-8-7-16(13-18(17)21(22)23)27(24,25)20-9-11-26-12-10-20/h7-8,13,15H,2-6,9-12,14H2,1H3. The predicted octanol–water partition coefficient (Wildman–Crippen LogP) is 2.63. The van der Waals surface area contributed by atoms with Crippen LogP contribution in [0.4, 0.5) is 11.4 Å². The Labute approximate surface area is 160 Å². The first-order valence-electron chi connectivity index (χ1n) is 9.47. The summed E-state index contributed by atoms with van der Waals surface area (Å²) in [5, 5.41) is 11.6. The molecule has 0 atom stereocenters. The van der Waals surface area contributed by atoms with Crippen LogP contribution < -0.4 is 4.90 Å². The minimum Gasteiger partial charge on any atom is -0.379 e. The van der Waals surface area contributed by atoms with Gasteiger partial charge in [0.05, 0.1) is 23.0 Å². The van der Waals surface area contributed by atoms with Crippen molar-refractivity contribution in [3.63, 3.8) is 0 Å². The first-order chi connectivity index (χ1) is 12.9. The average Bonchev–Trinajstić information content (AvgIpc) is 2.69. The van der Waals surface area contributed by atoms with E-state index in [1.807, 2.05) is 11.9 Å². The Bertz CT molecular complexity index is 771. The average molecular weight is 397 g/mol. The van der Waals surface area contributed by atoms with E-state index in [-0.39, 0.29) is 23.7 Å². The van der Waals surface area contributed by atoms with Crippen LogP contribution in [0.2, 0.25) is 0 Å². The van der Waals surface area contributed by atoms with Gasteiger partial charge in [-0.1, -0.05) is 19.3 Å². The van der Waals surface area contributed by atoms with Gasteiger partial charge in [0.1, 0.15) is 5.69 Å². The Morgan fingerprint density at radius 1 is 1.22 bits per heavy atom. The molecule has 0 radical (unpaired) electrons. The first kappa shape index (κ1) is 20.0. The zero-order valence-corrected chi connectivity index (χ0v) is 16.5. The highest BCUT2D eigenvalue weighted by Gasteiger charge is 2.30. The van der Waals surface area contributed by atoms with Crippen LogP contribution >= 0.6 is 0 Å². The van der Waals surface area contributed by atoms with Crippen molar-refractivity contribution in [2.75, 3.05) is 44.8 Å². The van der Waals surface area contributed by atoms with Crippen LogP contribution in [0.1, 0.15) is 32.1 Å². The second-order valence-corrected chi connectivity index (χ2v) is 9.25. The molecular formula is C18H27N3O5S. The minimum absolute atomic E-state index is 0.0362. The molecule has 1 heterocycles. The summed E-state index contributed by atoms with van der Waals surface area (Å²) in [5.41, 5.74) is 0.300. The predicted molar refractivity (Wildman–Crippen MR) is 103 cm³/mol. The summed E-state index contributed by atoms with van der Waals surface area (Å²) >= 11 is 0. The molecule has 9 heteroatoms. The van der Waals surface area contributed by atoms with E-state index in [2.05, 4.69) is 0 Å². The van der Waals surface area contributed by atoms with Gasteiger partial charge in [-0.2, -0.15) is 4.31 Å². The molecule has 2 aliphatic rings. The molecule has 0 aromatic heterocycles. The molecule has 3 rings (SSSR count). The van der Waals surface area contributed by atoms with Crippen LogP contribution in [0.3, 0.4) is 0 Å². The van der Waals surface area contributed by atoms with E-state index in [1.54, 1.807) is 6.07 Å². The normalized spacial score (nSPS) is 19.7. The fourth-order valence-electron chi connectivity index (χ4n) is 3.92. The van der Waals surface area contributed by atoms with Crippen molar-refractivity contribution in [3.8, 4) is 0 Å². The fourth-order valence-corrected chi connectivity index (χ4v) is 5.35. The number of nitro groups is 1. The van der Waals surface area contributed by atoms with Crippen molar-refractivity contribution < 1.29 is 18.1 Å². The van der Waals surface area contributed by atoms with Crippen molar-refractivity contribution in [1.82, 2.24) is 4.31 Å². The summed E-state index contributed by atoms with van der Waals surface area (Å²) in [7, 11) is -1.92. The van der Waals surface area contributed by atoms with Crippen molar-refractivity contribution in [2.24, 2.45) is 5.92 Å². The summed E-state index contributed by atoms with van der Waals surface area (Å²) < 4.78 is 32.1. The van der Waals surface area contributed by atoms with Gasteiger partial charge in [0.15, 0.2) is 0 Å². The fraction of sp³-hybridized carbons (Fsp3) is 0.667. The van der Waals surface area contributed by atoms with Crippen LogP contribution in [0.15, 0.2) is 23.1 Å². The molecule has 0 bridgehead atoms. The number of hydrogen-bond donors (Lipinski definition) is 0. The topological polar surface area (TPSA) is 93.0 Å². The minimum atomic E-state index is -3.76. The second kappa shape index (κ2) is 8.53. The van der Waals surface area contributed by atoms with Gasteiger partial charge in [-0.15, -0.1) is 0 Å². The van der Waals surface area contributed by atoms with Crippen LogP contribution in [0, 0.1) is 16.0 Å². The molecular weight excluding hydrogens is 370 g/mol. The zero-order chi connectivity index (χ0) is 19.4. The van der Waals surface area contributed by atoms with E-state index in [9.17, 15) is 18.5 Å². The van der Waals surface area contributed by atoms with Gasteiger partial charge >= 0.3 is 0 Å². The van der Waals surface area contributed by atoms with E-state index in [1.165, 1.54) is 35.7 Å². The third-order valence-electron chi connectivity index (χ3n) is 5.42. The molecule has 0 unspecified atom stereocenters. The molecule has 27 heavy (non-hydrogen) atoms. The lowest BCUT2D eigenvalue weighted by atomic mass is 9.89. The summed E-state index contributed by atoms with van der Waals surface area (Å²) in [5.74, 6) is 0.528. The quantitative estimate of drug-likeness (QED) is 0.541. The number of morpholine rings is 1. The summed E-state index contributed by atoms with van der Waals surface area (Å²) in [6.07, 6.45) is 5.95. The lowest BCUT2D eigenvalue weighted by molar-refractivity contribution is -0.384. The van der Waals surface area contributed by atoms with Crippen LogP contribution in [-0.2, 0) is 14.8 Å². The molecule has 2 fully saturated rings. The first-order valence-corrected chi connectivity index (χ1v) is 10.9. The van der Waals surface area contributed by atoms with E-state index >= 15 is 0 Å². The van der Waals surface area contributed by atoms with Gasteiger partial charge < -0.3 is 9.64 Å². The zero-order valence-electron chi connectivity index (χ0n) is 15.7. The van der Waals surface area contributed by atoms with Crippen molar-refractivity contribution in [3.05, 3.63) is 28.3 Å². The maximum atomic E-state index is 12.8. The van der Waals surface area contributed by atoms with Crippen LogP contribution in [-0.4, -0.2) is 57.5 Å². The third kappa shape index (κ3) is 4.59. The summed E-state index contributed by atoms with van der Waals surface area (Å²) in [6, 6.07) is 4.23. The lowest BCUT2D eigenvalue weighted by Gasteiger charge is -2.28. The number of benzene rings is 1. The maximum Gasteiger partial charge on any atom is 0.293 e. The van der Waals surface area contributed by atoms with Gasteiger partial charge in [0, 0.05) is 32.7 Å². The molecule has 150 valence electrons. The smallest absolute Gasteiger partial charge is 0.293 e. The van der Waals surface area contributed by atoms with Crippen molar-refractivity contribution in [2.45, 2.75) is 37.0 Å². The molecule has 1 aromatic rings. The largest absolute Gasteiger partial charge is 0.379 e. The molecule has 1 aliphatic heterocycles. The van der Waals surface area contributed by atoms with Gasteiger partial charge in [0.25, 0.3) is 5.69 Å². The van der Waals surface area contributed by atoms with Gasteiger partial charge in [0.2, 0.25) is 10.0 Å². The lowest BCUT2D eigenvalue weighted by Crippen LogP contribution is -2.40. The highest BCUT2D eigenvalue weighted by atomic mass is 32.2. The monoisotopic (exact) mass is 397 g/mol. The van der Waals surface area contributed by atoms with Gasteiger partial charge in [-0.25, -0.2) is 8.42 Å². The Morgan fingerprint density at radius 2 is 1.89 bits per heavy atom. The maximum absolute atomic E-state index is 12.8. The Morgan fingerprint density at radius 3 is 2.52 bits per heavy atom. The molecule has 0 spiro atoms. The van der Waals surface area contributed by atoms with E-state index in [0.717, 1.165) is 19.4 Å². The van der Waals surface area contributed by atoms with Crippen molar-refractivity contribution in [1.29, 1.82) is 0 Å². The molecule has 1 aliphatic carbocycles. The van der Waals surface area contributed by atoms with Crippen LogP contribution in [0.25, 0.3) is 0 Å². The molecule has 8 nitrogen and oxygen atoms in total. The van der Waals surface area contributed by atoms with Crippen LogP contribution in [0.5, 0.6) is 0 Å². The number of hydrogen-bond acceptors (Lipinski definition) is 6. The number of nitro benzene ring substituents is 1. The molecule has 1 aromatic carbocycles. The Hall–Kier alpha value is -1.71. The number of nitrogens with zero attached hydrogens (tertiary/aromatic N) is 3. The number of anilines is 1. The Balaban J connectivity index is 1.84. The Kier molecular flexibility index (Phi) is 6.33. The van der Waals surface area contributed by atoms with Gasteiger partial charge in [-0.3, -0.25) is 10.1 Å². The molecule has 0 amide bonds. The van der Waals surface area contributed by atoms with E-state index in [4.69, 9.17) is 4.74 Å². The third-order valence-corrected chi connectivity index (χ3v) is 7.31. The summed E-state index contributed by atoms with van der Waals surface area (Å²) in [6.45, 7) is 1.95.